The number of benzene rings is 1. The highest BCUT2D eigenvalue weighted by atomic mass is 16.1. The van der Waals surface area contributed by atoms with Crippen molar-refractivity contribution in [1.82, 2.24) is 4.98 Å². The Labute approximate surface area is 95.0 Å². The Hall–Kier alpha value is -1.96. The van der Waals surface area contributed by atoms with E-state index in [2.05, 4.69) is 4.98 Å². The van der Waals surface area contributed by atoms with Crippen molar-refractivity contribution >= 4 is 5.78 Å². The maximum absolute atomic E-state index is 11.0. The van der Waals surface area contributed by atoms with E-state index in [4.69, 9.17) is 0 Å². The summed E-state index contributed by atoms with van der Waals surface area (Å²) in [6, 6.07) is 12.1. The summed E-state index contributed by atoms with van der Waals surface area (Å²) in [5.74, 6) is 0.159. The minimum Gasteiger partial charge on any atom is -0.300 e. The Morgan fingerprint density at radius 3 is 2.56 bits per heavy atom. The Morgan fingerprint density at radius 1 is 1.12 bits per heavy atom. The lowest BCUT2D eigenvalue weighted by atomic mass is 10.0. The van der Waals surface area contributed by atoms with Gasteiger partial charge < -0.3 is 0 Å². The van der Waals surface area contributed by atoms with Crippen LogP contribution in [0.4, 0.5) is 0 Å². The van der Waals surface area contributed by atoms with Crippen LogP contribution in [0.15, 0.2) is 48.8 Å². The number of nitrogens with zero attached hydrogens (tertiary/aromatic N) is 1. The lowest BCUT2D eigenvalue weighted by Crippen LogP contribution is -1.97. The number of hydrogen-bond donors (Lipinski definition) is 0. The number of Topliss-reactive ketones (excluding diaryl/α,β-unsaturated/α-hetero) is 1. The molecule has 0 aliphatic carbocycles. The van der Waals surface area contributed by atoms with Crippen LogP contribution in [0.1, 0.15) is 12.5 Å². The second-order valence-electron chi connectivity index (χ2n) is 3.83. The van der Waals surface area contributed by atoms with Gasteiger partial charge in [0, 0.05) is 24.4 Å². The number of carbonyl (C=O) groups excluding carboxylic acids is 1. The van der Waals surface area contributed by atoms with E-state index >= 15 is 0 Å². The Balaban J connectivity index is 2.33. The molecule has 0 N–H and O–H groups in total. The smallest absolute Gasteiger partial charge is 0.134 e. The number of rotatable bonds is 3. The molecule has 1 heterocycles. The largest absolute Gasteiger partial charge is 0.300 e. The van der Waals surface area contributed by atoms with Gasteiger partial charge in [-0.1, -0.05) is 30.3 Å². The molecule has 0 saturated heterocycles. The molecule has 0 amide bonds. The fraction of sp³-hybridized carbons (Fsp3) is 0.143. The molecule has 0 bridgehead atoms. The molecule has 2 rings (SSSR count). The fourth-order valence-corrected chi connectivity index (χ4v) is 1.66. The van der Waals surface area contributed by atoms with Gasteiger partial charge in [-0.3, -0.25) is 9.78 Å². The highest BCUT2D eigenvalue weighted by Gasteiger charge is 2.01. The number of carbonyl (C=O) groups is 1. The molecule has 1 aromatic carbocycles. The Bertz CT molecular complexity index is 491. The third-order valence-corrected chi connectivity index (χ3v) is 2.36. The van der Waals surface area contributed by atoms with Crippen LogP contribution in [0.2, 0.25) is 0 Å². The summed E-state index contributed by atoms with van der Waals surface area (Å²) < 4.78 is 0. The minimum atomic E-state index is 0.159. The summed E-state index contributed by atoms with van der Waals surface area (Å²) in [6.07, 6.45) is 4.01. The van der Waals surface area contributed by atoms with Crippen molar-refractivity contribution in [2.24, 2.45) is 0 Å². The molecule has 16 heavy (non-hydrogen) atoms. The van der Waals surface area contributed by atoms with Crippen LogP contribution in [0, 0.1) is 0 Å². The molecule has 0 unspecified atom stereocenters. The first-order valence-electron chi connectivity index (χ1n) is 5.24. The second-order valence-corrected chi connectivity index (χ2v) is 3.83. The zero-order chi connectivity index (χ0) is 11.4. The number of hydrogen-bond acceptors (Lipinski definition) is 2. The van der Waals surface area contributed by atoms with E-state index in [0.717, 1.165) is 16.7 Å². The predicted molar refractivity (Wildman–Crippen MR) is 64.1 cm³/mol. The zero-order valence-corrected chi connectivity index (χ0v) is 9.18. The monoisotopic (exact) mass is 211 g/mol. The van der Waals surface area contributed by atoms with Gasteiger partial charge in [-0.2, -0.15) is 0 Å². The predicted octanol–water partition coefficient (Wildman–Crippen LogP) is 2.88. The average molecular weight is 211 g/mol. The molecule has 2 heteroatoms. The first kappa shape index (κ1) is 10.6. The highest BCUT2D eigenvalue weighted by molar-refractivity contribution is 5.78. The summed E-state index contributed by atoms with van der Waals surface area (Å²) in [7, 11) is 0. The highest BCUT2D eigenvalue weighted by Crippen LogP contribution is 2.18. The van der Waals surface area contributed by atoms with Crippen molar-refractivity contribution in [2.75, 3.05) is 0 Å². The quantitative estimate of drug-likeness (QED) is 0.781. The Kier molecular flexibility index (Phi) is 3.10. The summed E-state index contributed by atoms with van der Waals surface area (Å²) in [4.78, 5) is 15.2. The van der Waals surface area contributed by atoms with Gasteiger partial charge in [-0.15, -0.1) is 0 Å². The van der Waals surface area contributed by atoms with Crippen LogP contribution in [0.3, 0.4) is 0 Å². The van der Waals surface area contributed by atoms with Gasteiger partial charge in [0.15, 0.2) is 0 Å². The van der Waals surface area contributed by atoms with Crippen LogP contribution in [-0.2, 0) is 11.2 Å². The number of ketones is 1. The molecule has 0 saturated carbocycles. The molecule has 80 valence electrons. The van der Waals surface area contributed by atoms with Crippen LogP contribution in [0.5, 0.6) is 0 Å². The van der Waals surface area contributed by atoms with Gasteiger partial charge in [-0.05, 0) is 24.1 Å². The molecule has 0 aliphatic rings. The third kappa shape index (κ3) is 2.54. The van der Waals surface area contributed by atoms with Crippen LogP contribution in [0.25, 0.3) is 11.1 Å². The molecule has 0 atom stereocenters. The van der Waals surface area contributed by atoms with E-state index < -0.39 is 0 Å². The van der Waals surface area contributed by atoms with Gasteiger partial charge in [-0.25, -0.2) is 0 Å². The molecule has 1 aromatic heterocycles. The number of aromatic nitrogens is 1. The molecule has 2 aromatic rings. The van der Waals surface area contributed by atoms with E-state index in [1.807, 2.05) is 42.6 Å². The van der Waals surface area contributed by atoms with E-state index in [-0.39, 0.29) is 5.78 Å². The van der Waals surface area contributed by atoms with Crippen molar-refractivity contribution in [3.8, 4) is 11.1 Å². The van der Waals surface area contributed by atoms with Crippen LogP contribution in [-0.4, -0.2) is 10.8 Å². The molecule has 0 fully saturated rings. The van der Waals surface area contributed by atoms with Gasteiger partial charge in [0.25, 0.3) is 0 Å². The van der Waals surface area contributed by atoms with E-state index in [0.29, 0.717) is 6.42 Å². The first-order chi connectivity index (χ1) is 7.75. The molecule has 0 aliphatic heterocycles. The molecule has 0 spiro atoms. The van der Waals surface area contributed by atoms with Crippen LogP contribution >= 0.6 is 0 Å². The molecular weight excluding hydrogens is 198 g/mol. The molecule has 2 nitrogen and oxygen atoms in total. The summed E-state index contributed by atoms with van der Waals surface area (Å²) in [6.45, 7) is 1.59. The van der Waals surface area contributed by atoms with Crippen molar-refractivity contribution in [3.63, 3.8) is 0 Å². The maximum Gasteiger partial charge on any atom is 0.134 e. The third-order valence-electron chi connectivity index (χ3n) is 2.36. The number of pyridine rings is 1. The van der Waals surface area contributed by atoms with E-state index in [1.165, 1.54) is 0 Å². The lowest BCUT2D eigenvalue weighted by molar-refractivity contribution is -0.116. The first-order valence-corrected chi connectivity index (χ1v) is 5.24. The SMILES string of the molecule is CC(=O)Cc1cncc(-c2ccccc2)c1. The van der Waals surface area contributed by atoms with Crippen LogP contribution < -0.4 is 0 Å². The lowest BCUT2D eigenvalue weighted by Gasteiger charge is -2.03. The van der Waals surface area contributed by atoms with Gasteiger partial charge in [0.1, 0.15) is 5.78 Å². The average Bonchev–Trinajstić information content (AvgIpc) is 2.30. The van der Waals surface area contributed by atoms with Gasteiger partial charge in [0.05, 0.1) is 0 Å². The minimum absolute atomic E-state index is 0.159. The molecular formula is C14H13NO. The molecule has 0 radical (unpaired) electrons. The van der Waals surface area contributed by atoms with Crippen molar-refractivity contribution < 1.29 is 4.79 Å². The van der Waals surface area contributed by atoms with Gasteiger partial charge in [0.2, 0.25) is 0 Å². The summed E-state index contributed by atoms with van der Waals surface area (Å²) >= 11 is 0. The second kappa shape index (κ2) is 4.71. The van der Waals surface area contributed by atoms with Crippen molar-refractivity contribution in [1.29, 1.82) is 0 Å². The standard InChI is InChI=1S/C14H13NO/c1-11(16)7-12-8-14(10-15-9-12)13-5-3-2-4-6-13/h2-6,8-10H,7H2,1H3. The van der Waals surface area contributed by atoms with Gasteiger partial charge >= 0.3 is 0 Å². The zero-order valence-electron chi connectivity index (χ0n) is 9.18. The van der Waals surface area contributed by atoms with Crippen molar-refractivity contribution in [3.05, 3.63) is 54.4 Å². The fourth-order valence-electron chi connectivity index (χ4n) is 1.66. The van der Waals surface area contributed by atoms with E-state index in [9.17, 15) is 4.79 Å². The van der Waals surface area contributed by atoms with E-state index in [1.54, 1.807) is 13.1 Å². The summed E-state index contributed by atoms with van der Waals surface area (Å²) in [5.41, 5.74) is 3.15. The summed E-state index contributed by atoms with van der Waals surface area (Å²) in [5, 5.41) is 0. The Morgan fingerprint density at radius 2 is 1.88 bits per heavy atom. The maximum atomic E-state index is 11.0. The van der Waals surface area contributed by atoms with Crippen molar-refractivity contribution in [2.45, 2.75) is 13.3 Å². The topological polar surface area (TPSA) is 30.0 Å². The normalized spacial score (nSPS) is 10.1.